The molecule has 2 heterocycles. The van der Waals surface area contributed by atoms with Crippen molar-refractivity contribution in [1.29, 1.82) is 0 Å². The molecule has 0 aromatic heterocycles. The predicted molar refractivity (Wildman–Crippen MR) is 100 cm³/mol. The van der Waals surface area contributed by atoms with Crippen LogP contribution in [0.5, 0.6) is 0 Å². The number of piperazine rings is 1. The summed E-state index contributed by atoms with van der Waals surface area (Å²) in [5.41, 5.74) is 0.546. The van der Waals surface area contributed by atoms with Crippen LogP contribution >= 0.6 is 11.6 Å². The molecule has 1 aromatic carbocycles. The van der Waals surface area contributed by atoms with E-state index in [4.69, 9.17) is 16.3 Å². The van der Waals surface area contributed by atoms with Crippen molar-refractivity contribution in [1.82, 2.24) is 15.1 Å². The van der Waals surface area contributed by atoms with Gasteiger partial charge in [0.1, 0.15) is 0 Å². The van der Waals surface area contributed by atoms with Crippen molar-refractivity contribution in [3.63, 3.8) is 0 Å². The number of carbonyl (C=O) groups excluding carboxylic acids is 2. The Morgan fingerprint density at radius 2 is 2.12 bits per heavy atom. The second kappa shape index (κ2) is 9.35. The van der Waals surface area contributed by atoms with Gasteiger partial charge in [-0.2, -0.15) is 0 Å². The fourth-order valence-corrected chi connectivity index (χ4v) is 3.61. The van der Waals surface area contributed by atoms with E-state index in [1.807, 2.05) is 4.90 Å². The van der Waals surface area contributed by atoms with Gasteiger partial charge in [0.15, 0.2) is 0 Å². The topological polar surface area (TPSA) is 61.9 Å². The van der Waals surface area contributed by atoms with Crippen LogP contribution in [0, 0.1) is 0 Å². The van der Waals surface area contributed by atoms with Gasteiger partial charge >= 0.3 is 0 Å². The van der Waals surface area contributed by atoms with E-state index in [2.05, 4.69) is 5.32 Å². The van der Waals surface area contributed by atoms with Crippen molar-refractivity contribution in [2.75, 3.05) is 45.9 Å². The Hall–Kier alpha value is -1.63. The second-order valence-corrected chi connectivity index (χ2v) is 7.21. The second-order valence-electron chi connectivity index (χ2n) is 6.78. The van der Waals surface area contributed by atoms with E-state index in [0.29, 0.717) is 30.1 Å². The number of nitrogens with one attached hydrogen (secondary N) is 1. The lowest BCUT2D eigenvalue weighted by molar-refractivity contribution is -0.132. The van der Waals surface area contributed by atoms with E-state index in [1.54, 1.807) is 29.2 Å². The summed E-state index contributed by atoms with van der Waals surface area (Å²) in [7, 11) is 0. The molecule has 0 aliphatic carbocycles. The first kappa shape index (κ1) is 19.1. The molecule has 0 saturated carbocycles. The van der Waals surface area contributed by atoms with Crippen LogP contribution in [0.4, 0.5) is 0 Å². The molecule has 0 bridgehead atoms. The minimum absolute atomic E-state index is 0.0485. The molecule has 2 aliphatic rings. The first-order chi connectivity index (χ1) is 12.6. The molecule has 26 heavy (non-hydrogen) atoms. The van der Waals surface area contributed by atoms with E-state index in [0.717, 1.165) is 45.6 Å². The number of ether oxygens (including phenoxy) is 1. The lowest BCUT2D eigenvalue weighted by Crippen LogP contribution is -2.47. The smallest absolute Gasteiger partial charge is 0.254 e. The summed E-state index contributed by atoms with van der Waals surface area (Å²) in [5.74, 6) is -0.00107. The van der Waals surface area contributed by atoms with Crippen LogP contribution in [0.1, 0.15) is 29.6 Å². The molecule has 1 N–H and O–H groups in total. The molecule has 1 aromatic rings. The molecule has 0 radical (unpaired) electrons. The third-order valence-corrected chi connectivity index (χ3v) is 5.11. The van der Waals surface area contributed by atoms with Crippen molar-refractivity contribution in [3.05, 3.63) is 34.9 Å². The van der Waals surface area contributed by atoms with Gasteiger partial charge in [-0.05, 0) is 31.0 Å². The molecule has 1 atom stereocenters. The van der Waals surface area contributed by atoms with Crippen LogP contribution < -0.4 is 5.32 Å². The molecule has 2 fully saturated rings. The maximum absolute atomic E-state index is 13.0. The SMILES string of the molecule is O=C(CCN(C[C@H]1CCCO1)C(=O)c1cccc(Cl)c1)N1CCNCC1. The van der Waals surface area contributed by atoms with Gasteiger partial charge in [0.25, 0.3) is 5.91 Å². The van der Waals surface area contributed by atoms with Crippen molar-refractivity contribution in [3.8, 4) is 0 Å². The van der Waals surface area contributed by atoms with Gasteiger partial charge in [-0.15, -0.1) is 0 Å². The minimum atomic E-state index is -0.101. The summed E-state index contributed by atoms with van der Waals surface area (Å²) in [6.45, 7) is 4.76. The van der Waals surface area contributed by atoms with Crippen molar-refractivity contribution < 1.29 is 14.3 Å². The highest BCUT2D eigenvalue weighted by atomic mass is 35.5. The Balaban J connectivity index is 1.64. The van der Waals surface area contributed by atoms with Crippen LogP contribution in [-0.2, 0) is 9.53 Å². The van der Waals surface area contributed by atoms with Crippen LogP contribution in [0.15, 0.2) is 24.3 Å². The van der Waals surface area contributed by atoms with Crippen molar-refractivity contribution in [2.45, 2.75) is 25.4 Å². The van der Waals surface area contributed by atoms with Gasteiger partial charge < -0.3 is 19.9 Å². The number of amides is 2. The predicted octanol–water partition coefficient (Wildman–Crippen LogP) is 1.78. The molecule has 2 amide bonds. The third kappa shape index (κ3) is 5.19. The van der Waals surface area contributed by atoms with Crippen LogP contribution in [0.25, 0.3) is 0 Å². The summed E-state index contributed by atoms with van der Waals surface area (Å²) in [5, 5.41) is 3.77. The van der Waals surface area contributed by atoms with Gasteiger partial charge in [-0.1, -0.05) is 17.7 Å². The summed E-state index contributed by atoms with van der Waals surface area (Å²) in [4.78, 5) is 29.0. The van der Waals surface area contributed by atoms with E-state index < -0.39 is 0 Å². The number of hydrogen-bond acceptors (Lipinski definition) is 4. The third-order valence-electron chi connectivity index (χ3n) is 4.87. The normalized spacial score (nSPS) is 20.2. The molecule has 0 unspecified atom stereocenters. The molecule has 2 aliphatic heterocycles. The highest BCUT2D eigenvalue weighted by molar-refractivity contribution is 6.30. The average molecular weight is 380 g/mol. The molecule has 142 valence electrons. The monoisotopic (exact) mass is 379 g/mol. The summed E-state index contributed by atoms with van der Waals surface area (Å²) in [6, 6.07) is 6.95. The zero-order valence-electron chi connectivity index (χ0n) is 15.0. The number of nitrogens with zero attached hydrogens (tertiary/aromatic N) is 2. The summed E-state index contributed by atoms with van der Waals surface area (Å²) < 4.78 is 5.69. The van der Waals surface area contributed by atoms with E-state index in [-0.39, 0.29) is 17.9 Å². The largest absolute Gasteiger partial charge is 0.376 e. The minimum Gasteiger partial charge on any atom is -0.376 e. The van der Waals surface area contributed by atoms with Gasteiger partial charge in [-0.3, -0.25) is 9.59 Å². The quantitative estimate of drug-likeness (QED) is 0.818. The first-order valence-corrected chi connectivity index (χ1v) is 9.66. The van der Waals surface area contributed by atoms with Crippen LogP contribution in [-0.4, -0.2) is 73.6 Å². The highest BCUT2D eigenvalue weighted by Gasteiger charge is 2.25. The number of carbonyl (C=O) groups is 2. The van der Waals surface area contributed by atoms with Gasteiger partial charge in [-0.25, -0.2) is 0 Å². The summed E-state index contributed by atoms with van der Waals surface area (Å²) in [6.07, 6.45) is 2.35. The Bertz CT molecular complexity index is 628. The van der Waals surface area contributed by atoms with Crippen molar-refractivity contribution >= 4 is 23.4 Å². The van der Waals surface area contributed by atoms with Gasteiger partial charge in [0.05, 0.1) is 6.10 Å². The Kier molecular flexibility index (Phi) is 6.88. The molecule has 7 heteroatoms. The molecule has 3 rings (SSSR count). The molecular weight excluding hydrogens is 354 g/mol. The zero-order valence-corrected chi connectivity index (χ0v) is 15.7. The van der Waals surface area contributed by atoms with E-state index >= 15 is 0 Å². The van der Waals surface area contributed by atoms with E-state index in [9.17, 15) is 9.59 Å². The maximum Gasteiger partial charge on any atom is 0.254 e. The Morgan fingerprint density at radius 3 is 2.81 bits per heavy atom. The van der Waals surface area contributed by atoms with Crippen molar-refractivity contribution in [2.24, 2.45) is 0 Å². The Morgan fingerprint density at radius 1 is 1.31 bits per heavy atom. The molecular formula is C19H26ClN3O3. The maximum atomic E-state index is 13.0. The first-order valence-electron chi connectivity index (χ1n) is 9.28. The van der Waals surface area contributed by atoms with Gasteiger partial charge in [0, 0.05) is 62.9 Å². The lowest BCUT2D eigenvalue weighted by atomic mass is 10.1. The number of benzene rings is 1. The number of hydrogen-bond donors (Lipinski definition) is 1. The highest BCUT2D eigenvalue weighted by Crippen LogP contribution is 2.17. The van der Waals surface area contributed by atoms with Gasteiger partial charge in [0.2, 0.25) is 5.91 Å². The summed E-state index contributed by atoms with van der Waals surface area (Å²) >= 11 is 6.03. The van der Waals surface area contributed by atoms with E-state index in [1.165, 1.54) is 0 Å². The Labute approximate surface area is 159 Å². The fourth-order valence-electron chi connectivity index (χ4n) is 3.42. The molecule has 0 spiro atoms. The standard InChI is InChI=1S/C19H26ClN3O3/c20-16-4-1-3-15(13-16)19(25)23(14-17-5-2-12-26-17)9-6-18(24)22-10-7-21-8-11-22/h1,3-4,13,17,21H,2,5-12,14H2/t17-/m1/s1. The van der Waals surface area contributed by atoms with Crippen LogP contribution in [0.3, 0.4) is 0 Å². The zero-order chi connectivity index (χ0) is 18.4. The van der Waals surface area contributed by atoms with Crippen LogP contribution in [0.2, 0.25) is 5.02 Å². The average Bonchev–Trinajstić information content (AvgIpc) is 3.18. The lowest BCUT2D eigenvalue weighted by Gasteiger charge is -2.30. The molecule has 2 saturated heterocycles. The fraction of sp³-hybridized carbons (Fsp3) is 0.579. The number of halogens is 1. The number of rotatable bonds is 6. The molecule has 6 nitrogen and oxygen atoms in total.